The van der Waals surface area contributed by atoms with Crippen molar-refractivity contribution in [3.05, 3.63) is 34.9 Å². The Morgan fingerprint density at radius 2 is 2.06 bits per heavy atom. The summed E-state index contributed by atoms with van der Waals surface area (Å²) in [6.07, 6.45) is 0.427. The number of carboxylic acids is 1. The molecule has 0 aromatic heterocycles. The van der Waals surface area contributed by atoms with Crippen LogP contribution in [0.4, 0.5) is 0 Å². The van der Waals surface area contributed by atoms with E-state index >= 15 is 0 Å². The molecular formula is C11H9ClO4. The van der Waals surface area contributed by atoms with E-state index in [-0.39, 0.29) is 22.5 Å². The number of aldehydes is 1. The number of Topliss-reactive ketones (excluding diaryl/α,β-unsaturated/α-hetero) is 1. The van der Waals surface area contributed by atoms with Crippen LogP contribution < -0.4 is 0 Å². The molecule has 0 bridgehead atoms. The zero-order chi connectivity index (χ0) is 12.3. The van der Waals surface area contributed by atoms with E-state index in [9.17, 15) is 14.4 Å². The summed E-state index contributed by atoms with van der Waals surface area (Å²) in [5.41, 5.74) is -0.0594. The number of hydrogen-bond donors (Lipinski definition) is 1. The average Bonchev–Trinajstić information content (AvgIpc) is 2.26. The van der Waals surface area contributed by atoms with Crippen LogP contribution in [-0.4, -0.2) is 23.1 Å². The summed E-state index contributed by atoms with van der Waals surface area (Å²) in [5, 5.41) is 7.93. The van der Waals surface area contributed by atoms with Crippen molar-refractivity contribution in [2.75, 3.05) is 0 Å². The van der Waals surface area contributed by atoms with Gasteiger partial charge in [0.05, 0.1) is 5.56 Å². The molecule has 0 aliphatic heterocycles. The Bertz CT molecular complexity index is 453. The lowest BCUT2D eigenvalue weighted by molar-refractivity contribution is -0.116. The van der Waals surface area contributed by atoms with Gasteiger partial charge in [0.25, 0.3) is 0 Å². The van der Waals surface area contributed by atoms with Gasteiger partial charge in [-0.2, -0.15) is 0 Å². The lowest BCUT2D eigenvalue weighted by Crippen LogP contribution is -2.11. The first kappa shape index (κ1) is 12.4. The number of carbonyl (C=O) groups is 3. The fraction of sp³-hybridized carbons (Fsp3) is 0.182. The maximum absolute atomic E-state index is 11.1. The largest absolute Gasteiger partial charge is 0.478 e. The van der Waals surface area contributed by atoms with Gasteiger partial charge in [-0.25, -0.2) is 4.79 Å². The topological polar surface area (TPSA) is 71.4 Å². The van der Waals surface area contributed by atoms with Gasteiger partial charge < -0.3 is 5.11 Å². The van der Waals surface area contributed by atoms with Crippen LogP contribution in [0.1, 0.15) is 38.6 Å². The van der Waals surface area contributed by atoms with Crippen molar-refractivity contribution < 1.29 is 19.5 Å². The molecule has 1 aromatic carbocycles. The van der Waals surface area contributed by atoms with Crippen molar-refractivity contribution in [1.29, 1.82) is 0 Å². The summed E-state index contributed by atoms with van der Waals surface area (Å²) >= 11 is 5.79. The molecule has 4 nitrogen and oxygen atoms in total. The summed E-state index contributed by atoms with van der Waals surface area (Å²) in [6, 6.07) is 4.28. The molecule has 0 fully saturated rings. The van der Waals surface area contributed by atoms with E-state index in [1.165, 1.54) is 25.1 Å². The minimum atomic E-state index is -1.27. The molecule has 16 heavy (non-hydrogen) atoms. The fourth-order valence-electron chi connectivity index (χ4n) is 1.36. The third-order valence-electron chi connectivity index (χ3n) is 2.10. The van der Waals surface area contributed by atoms with E-state index in [2.05, 4.69) is 0 Å². The number of ketones is 1. The van der Waals surface area contributed by atoms with Gasteiger partial charge in [0.15, 0.2) is 12.1 Å². The van der Waals surface area contributed by atoms with Crippen LogP contribution >= 0.6 is 11.6 Å². The second-order valence-corrected chi connectivity index (χ2v) is 3.64. The normalized spacial score (nSPS) is 11.9. The summed E-state index contributed by atoms with van der Waals surface area (Å²) in [7, 11) is 0. The standard InChI is InChI=1S/C11H9ClO4/c1-6(14)10(12)8-4-2-3-7(5-13)9(8)11(15)16/h2-5,10H,1H3,(H,15,16). The minimum absolute atomic E-state index is 0.0110. The molecule has 0 heterocycles. The Balaban J connectivity index is 3.44. The molecule has 0 aliphatic rings. The molecule has 1 aromatic rings. The first-order chi connectivity index (χ1) is 7.49. The molecule has 0 amide bonds. The Labute approximate surface area is 96.8 Å². The number of benzene rings is 1. The average molecular weight is 241 g/mol. The van der Waals surface area contributed by atoms with E-state index in [0.717, 1.165) is 0 Å². The van der Waals surface area contributed by atoms with E-state index in [1.807, 2.05) is 0 Å². The van der Waals surface area contributed by atoms with Crippen molar-refractivity contribution >= 4 is 29.6 Å². The fourth-order valence-corrected chi connectivity index (χ4v) is 1.55. The molecule has 5 heteroatoms. The quantitative estimate of drug-likeness (QED) is 0.646. The molecule has 84 valence electrons. The van der Waals surface area contributed by atoms with E-state index in [1.54, 1.807) is 0 Å². The lowest BCUT2D eigenvalue weighted by Gasteiger charge is -2.11. The van der Waals surface area contributed by atoms with Crippen molar-refractivity contribution in [3.8, 4) is 0 Å². The minimum Gasteiger partial charge on any atom is -0.478 e. The molecule has 0 saturated carbocycles. The Hall–Kier alpha value is -1.68. The highest BCUT2D eigenvalue weighted by atomic mass is 35.5. The second kappa shape index (κ2) is 4.90. The maximum Gasteiger partial charge on any atom is 0.336 e. The van der Waals surface area contributed by atoms with Gasteiger partial charge in [-0.3, -0.25) is 9.59 Å². The Morgan fingerprint density at radius 1 is 1.44 bits per heavy atom. The van der Waals surface area contributed by atoms with Crippen molar-refractivity contribution in [2.45, 2.75) is 12.3 Å². The van der Waals surface area contributed by atoms with Crippen molar-refractivity contribution in [3.63, 3.8) is 0 Å². The highest BCUT2D eigenvalue weighted by Crippen LogP contribution is 2.26. The van der Waals surface area contributed by atoms with Crippen molar-refractivity contribution in [1.82, 2.24) is 0 Å². The van der Waals surface area contributed by atoms with Crippen LogP contribution in [0.3, 0.4) is 0 Å². The van der Waals surface area contributed by atoms with Crippen LogP contribution in [-0.2, 0) is 4.79 Å². The van der Waals surface area contributed by atoms with Crippen LogP contribution in [0.15, 0.2) is 18.2 Å². The van der Waals surface area contributed by atoms with Gasteiger partial charge in [-0.05, 0) is 12.5 Å². The lowest BCUT2D eigenvalue weighted by atomic mass is 9.98. The van der Waals surface area contributed by atoms with E-state index < -0.39 is 11.3 Å². The molecule has 1 unspecified atom stereocenters. The highest BCUT2D eigenvalue weighted by Gasteiger charge is 2.22. The van der Waals surface area contributed by atoms with Gasteiger partial charge in [0.2, 0.25) is 0 Å². The first-order valence-corrected chi connectivity index (χ1v) is 4.88. The van der Waals surface area contributed by atoms with Crippen LogP contribution in [0.2, 0.25) is 0 Å². The smallest absolute Gasteiger partial charge is 0.336 e. The number of rotatable bonds is 4. The molecule has 1 N–H and O–H groups in total. The summed E-state index contributed by atoms with van der Waals surface area (Å²) < 4.78 is 0. The second-order valence-electron chi connectivity index (χ2n) is 3.21. The first-order valence-electron chi connectivity index (χ1n) is 4.45. The SMILES string of the molecule is CC(=O)C(Cl)c1cccc(C=O)c1C(=O)O. The summed E-state index contributed by atoms with van der Waals surface area (Å²) in [4.78, 5) is 32.8. The van der Waals surface area contributed by atoms with Crippen LogP contribution in [0, 0.1) is 0 Å². The number of aromatic carboxylic acids is 1. The summed E-state index contributed by atoms with van der Waals surface area (Å²) in [5.74, 6) is -1.64. The third kappa shape index (κ3) is 2.28. The van der Waals surface area contributed by atoms with Crippen molar-refractivity contribution in [2.24, 2.45) is 0 Å². The molecule has 0 radical (unpaired) electrons. The van der Waals surface area contributed by atoms with Gasteiger partial charge in [0.1, 0.15) is 5.38 Å². The molecule has 0 aliphatic carbocycles. The number of carboxylic acid groups (broad SMARTS) is 1. The zero-order valence-electron chi connectivity index (χ0n) is 8.44. The molecule has 1 rings (SSSR count). The van der Waals surface area contributed by atoms with E-state index in [0.29, 0.717) is 6.29 Å². The Morgan fingerprint density at radius 3 is 2.50 bits per heavy atom. The number of hydrogen-bond acceptors (Lipinski definition) is 3. The molecular weight excluding hydrogens is 232 g/mol. The summed E-state index contributed by atoms with van der Waals surface area (Å²) in [6.45, 7) is 1.26. The van der Waals surface area contributed by atoms with Gasteiger partial charge >= 0.3 is 5.97 Å². The monoisotopic (exact) mass is 240 g/mol. The maximum atomic E-state index is 11.1. The molecule has 0 saturated heterocycles. The molecule has 0 spiro atoms. The number of alkyl halides is 1. The van der Waals surface area contributed by atoms with Gasteiger partial charge in [-0.1, -0.05) is 18.2 Å². The predicted octanol–water partition coefficient (Wildman–Crippen LogP) is 2.07. The molecule has 1 atom stereocenters. The van der Waals surface area contributed by atoms with E-state index in [4.69, 9.17) is 16.7 Å². The third-order valence-corrected chi connectivity index (χ3v) is 2.64. The highest BCUT2D eigenvalue weighted by molar-refractivity contribution is 6.31. The van der Waals surface area contributed by atoms with Gasteiger partial charge in [-0.15, -0.1) is 11.6 Å². The Kier molecular flexibility index (Phi) is 3.79. The van der Waals surface area contributed by atoms with Crippen LogP contribution in [0.25, 0.3) is 0 Å². The van der Waals surface area contributed by atoms with Crippen LogP contribution in [0.5, 0.6) is 0 Å². The number of halogens is 1. The zero-order valence-corrected chi connectivity index (χ0v) is 9.19. The predicted molar refractivity (Wildman–Crippen MR) is 58.1 cm³/mol. The van der Waals surface area contributed by atoms with Gasteiger partial charge in [0, 0.05) is 5.56 Å². The number of carbonyl (C=O) groups excluding carboxylic acids is 2.